The zero-order chi connectivity index (χ0) is 18.9. The van der Waals surface area contributed by atoms with Crippen LogP contribution in [0.4, 0.5) is 0 Å². The van der Waals surface area contributed by atoms with Crippen LogP contribution >= 0.6 is 15.9 Å². The van der Waals surface area contributed by atoms with Gasteiger partial charge in [0.2, 0.25) is 10.0 Å². The maximum Gasteiger partial charge on any atom is 0.252 e. The van der Waals surface area contributed by atoms with Crippen LogP contribution in [0.3, 0.4) is 0 Å². The summed E-state index contributed by atoms with van der Waals surface area (Å²) in [5.74, 6) is -0.263. The molecule has 0 heterocycles. The van der Waals surface area contributed by atoms with E-state index in [9.17, 15) is 13.2 Å². The zero-order valence-corrected chi connectivity index (χ0v) is 17.1. The maximum absolute atomic E-state index is 12.8. The Kier molecular flexibility index (Phi) is 5.23. The lowest BCUT2D eigenvalue weighted by atomic mass is 9.71. The third kappa shape index (κ3) is 3.56. The number of rotatable bonds is 5. The molecule has 0 saturated heterocycles. The molecule has 7 heteroatoms. The topological polar surface area (TPSA) is 66.5 Å². The zero-order valence-electron chi connectivity index (χ0n) is 14.7. The van der Waals surface area contributed by atoms with Crippen molar-refractivity contribution in [3.8, 4) is 0 Å². The van der Waals surface area contributed by atoms with E-state index < -0.39 is 15.6 Å². The summed E-state index contributed by atoms with van der Waals surface area (Å²) >= 11 is 3.48. The average Bonchev–Trinajstić information content (AvgIpc) is 2.58. The molecule has 0 spiro atoms. The van der Waals surface area contributed by atoms with Gasteiger partial charge in [0.25, 0.3) is 5.91 Å². The Balaban J connectivity index is 1.88. The summed E-state index contributed by atoms with van der Waals surface area (Å²) in [7, 11) is -0.637. The predicted octanol–water partition coefficient (Wildman–Crippen LogP) is 3.51. The van der Waals surface area contributed by atoms with Crippen molar-refractivity contribution in [2.24, 2.45) is 0 Å². The second-order valence-electron chi connectivity index (χ2n) is 6.72. The van der Waals surface area contributed by atoms with Gasteiger partial charge in [-0.3, -0.25) is 4.79 Å². The number of benzene rings is 2. The lowest BCUT2D eigenvalue weighted by Gasteiger charge is -2.43. The van der Waals surface area contributed by atoms with E-state index in [1.165, 1.54) is 26.2 Å². The lowest BCUT2D eigenvalue weighted by Crippen LogP contribution is -2.50. The minimum Gasteiger partial charge on any atom is -0.343 e. The fraction of sp³-hybridized carbons (Fsp3) is 0.316. The van der Waals surface area contributed by atoms with Gasteiger partial charge >= 0.3 is 0 Å². The monoisotopic (exact) mass is 436 g/mol. The summed E-state index contributed by atoms with van der Waals surface area (Å²) in [4.78, 5) is 12.9. The summed E-state index contributed by atoms with van der Waals surface area (Å²) in [5, 5.41) is 3.13. The SMILES string of the molecule is CN(C)S(=O)(=O)c1cccc(C(=O)NC2(c3cccc(Br)c3)CCC2)c1. The van der Waals surface area contributed by atoms with Crippen molar-refractivity contribution in [3.05, 3.63) is 64.1 Å². The van der Waals surface area contributed by atoms with Gasteiger partial charge in [0, 0.05) is 24.1 Å². The van der Waals surface area contributed by atoms with Crippen LogP contribution in [0.15, 0.2) is 57.9 Å². The smallest absolute Gasteiger partial charge is 0.252 e. The van der Waals surface area contributed by atoms with E-state index in [2.05, 4.69) is 21.2 Å². The molecule has 1 fully saturated rings. The molecule has 1 amide bonds. The van der Waals surface area contributed by atoms with Gasteiger partial charge in [-0.2, -0.15) is 0 Å². The molecule has 2 aromatic rings. The quantitative estimate of drug-likeness (QED) is 0.779. The molecule has 1 aliphatic rings. The maximum atomic E-state index is 12.8. The van der Waals surface area contributed by atoms with Crippen LogP contribution in [0.25, 0.3) is 0 Å². The molecule has 1 saturated carbocycles. The second-order valence-corrected chi connectivity index (χ2v) is 9.78. The number of hydrogen-bond donors (Lipinski definition) is 1. The van der Waals surface area contributed by atoms with E-state index in [4.69, 9.17) is 0 Å². The number of carbonyl (C=O) groups is 1. The van der Waals surface area contributed by atoms with Gasteiger partial charge in [-0.1, -0.05) is 34.1 Å². The fourth-order valence-electron chi connectivity index (χ4n) is 3.10. The molecule has 2 aromatic carbocycles. The van der Waals surface area contributed by atoms with Gasteiger partial charge in [0.05, 0.1) is 10.4 Å². The third-order valence-corrected chi connectivity index (χ3v) is 7.12. The fourth-order valence-corrected chi connectivity index (χ4v) is 4.45. The summed E-state index contributed by atoms with van der Waals surface area (Å²) in [6, 6.07) is 14.1. The van der Waals surface area contributed by atoms with E-state index in [0.29, 0.717) is 5.56 Å². The number of nitrogens with zero attached hydrogens (tertiary/aromatic N) is 1. The number of sulfonamides is 1. The van der Waals surface area contributed by atoms with Crippen LogP contribution in [-0.4, -0.2) is 32.7 Å². The molecule has 1 N–H and O–H groups in total. The Morgan fingerprint density at radius 2 is 1.81 bits per heavy atom. The minimum absolute atomic E-state index is 0.111. The molecular weight excluding hydrogens is 416 g/mol. The number of amides is 1. The summed E-state index contributed by atoms with van der Waals surface area (Å²) in [5.41, 5.74) is 1.01. The highest BCUT2D eigenvalue weighted by Crippen LogP contribution is 2.42. The van der Waals surface area contributed by atoms with Gasteiger partial charge in [0.1, 0.15) is 0 Å². The largest absolute Gasteiger partial charge is 0.343 e. The van der Waals surface area contributed by atoms with Crippen LogP contribution < -0.4 is 5.32 Å². The summed E-state index contributed by atoms with van der Waals surface area (Å²) in [6.07, 6.45) is 2.78. The first-order valence-corrected chi connectivity index (χ1v) is 10.6. The average molecular weight is 437 g/mol. The van der Waals surface area contributed by atoms with Crippen molar-refractivity contribution in [2.45, 2.75) is 29.7 Å². The van der Waals surface area contributed by atoms with Crippen molar-refractivity contribution in [3.63, 3.8) is 0 Å². The van der Waals surface area contributed by atoms with Crippen LogP contribution in [0.2, 0.25) is 0 Å². The molecule has 0 radical (unpaired) electrons. The van der Waals surface area contributed by atoms with Crippen molar-refractivity contribution >= 4 is 31.9 Å². The first kappa shape index (κ1) is 19.1. The van der Waals surface area contributed by atoms with E-state index in [1.54, 1.807) is 12.1 Å². The predicted molar refractivity (Wildman–Crippen MR) is 104 cm³/mol. The molecular formula is C19H21BrN2O3S. The minimum atomic E-state index is -3.58. The Morgan fingerprint density at radius 3 is 2.38 bits per heavy atom. The van der Waals surface area contributed by atoms with Crippen molar-refractivity contribution in [1.29, 1.82) is 0 Å². The van der Waals surface area contributed by atoms with Gasteiger partial charge in [-0.15, -0.1) is 0 Å². The van der Waals surface area contributed by atoms with Crippen LogP contribution in [0, 0.1) is 0 Å². The number of carbonyl (C=O) groups excluding carboxylic acids is 1. The van der Waals surface area contributed by atoms with Crippen LogP contribution in [0.1, 0.15) is 35.2 Å². The molecule has 3 rings (SSSR count). The molecule has 1 aliphatic carbocycles. The standard InChI is InChI=1S/C19H21BrN2O3S/c1-22(2)26(24,25)17-9-3-6-14(12-17)18(23)21-19(10-5-11-19)15-7-4-8-16(20)13-15/h3-4,6-9,12-13H,5,10-11H2,1-2H3,(H,21,23). The van der Waals surface area contributed by atoms with Crippen LogP contribution in [0.5, 0.6) is 0 Å². The van der Waals surface area contributed by atoms with E-state index in [0.717, 1.165) is 33.6 Å². The third-order valence-electron chi connectivity index (χ3n) is 4.81. The highest BCUT2D eigenvalue weighted by molar-refractivity contribution is 9.10. The molecule has 0 aromatic heterocycles. The van der Waals surface area contributed by atoms with Crippen molar-refractivity contribution in [1.82, 2.24) is 9.62 Å². The second kappa shape index (κ2) is 7.13. The molecule has 0 unspecified atom stereocenters. The first-order valence-electron chi connectivity index (χ1n) is 8.36. The molecule has 5 nitrogen and oxygen atoms in total. The first-order chi connectivity index (χ1) is 12.2. The molecule has 0 aliphatic heterocycles. The molecule has 26 heavy (non-hydrogen) atoms. The Morgan fingerprint density at radius 1 is 1.12 bits per heavy atom. The van der Waals surface area contributed by atoms with Gasteiger partial charge in [0.15, 0.2) is 0 Å². The molecule has 0 atom stereocenters. The summed E-state index contributed by atoms with van der Waals surface area (Å²) in [6.45, 7) is 0. The van der Waals surface area contributed by atoms with Crippen LogP contribution in [-0.2, 0) is 15.6 Å². The van der Waals surface area contributed by atoms with Crippen molar-refractivity contribution < 1.29 is 13.2 Å². The van der Waals surface area contributed by atoms with E-state index in [1.807, 2.05) is 24.3 Å². The highest BCUT2D eigenvalue weighted by Gasteiger charge is 2.40. The Labute approximate surface area is 162 Å². The molecule has 0 bridgehead atoms. The lowest BCUT2D eigenvalue weighted by molar-refractivity contribution is 0.0823. The summed E-state index contributed by atoms with van der Waals surface area (Å²) < 4.78 is 26.7. The van der Waals surface area contributed by atoms with Gasteiger partial charge < -0.3 is 5.32 Å². The Hall–Kier alpha value is -1.70. The molecule has 138 valence electrons. The van der Waals surface area contributed by atoms with Gasteiger partial charge in [-0.05, 0) is 55.2 Å². The Bertz CT molecular complexity index is 937. The van der Waals surface area contributed by atoms with E-state index >= 15 is 0 Å². The number of hydrogen-bond acceptors (Lipinski definition) is 3. The highest BCUT2D eigenvalue weighted by atomic mass is 79.9. The van der Waals surface area contributed by atoms with Gasteiger partial charge in [-0.25, -0.2) is 12.7 Å². The number of nitrogens with one attached hydrogen (secondary N) is 1. The van der Waals surface area contributed by atoms with Crippen molar-refractivity contribution in [2.75, 3.05) is 14.1 Å². The van der Waals surface area contributed by atoms with E-state index in [-0.39, 0.29) is 10.8 Å². The normalized spacial score (nSPS) is 16.2. The number of halogens is 1.